The molecule has 0 aliphatic carbocycles. The maximum atomic E-state index is 9.44. The van der Waals surface area contributed by atoms with Crippen LogP contribution in [0.1, 0.15) is 38.6 Å². The van der Waals surface area contributed by atoms with Crippen LogP contribution in [0.25, 0.3) is 0 Å². The summed E-state index contributed by atoms with van der Waals surface area (Å²) in [7, 11) is 0. The van der Waals surface area contributed by atoms with Crippen LogP contribution < -0.4 is 0 Å². The molecule has 0 bridgehead atoms. The topological polar surface area (TPSA) is 36.4 Å². The summed E-state index contributed by atoms with van der Waals surface area (Å²) in [5.41, 5.74) is 2.16. The van der Waals surface area contributed by atoms with Crippen molar-refractivity contribution in [1.82, 2.24) is 9.88 Å². The molecule has 0 saturated carbocycles. The zero-order valence-electron chi connectivity index (χ0n) is 11.3. The van der Waals surface area contributed by atoms with Crippen molar-refractivity contribution in [1.29, 1.82) is 0 Å². The number of rotatable bonds is 6. The Morgan fingerprint density at radius 2 is 2.06 bits per heavy atom. The van der Waals surface area contributed by atoms with Crippen LogP contribution in [0, 0.1) is 6.92 Å². The third-order valence-electron chi connectivity index (χ3n) is 3.02. The number of hydrogen-bond donors (Lipinski definition) is 1. The Kier molecular flexibility index (Phi) is 5.59. The number of aliphatic hydroxyl groups is 1. The third kappa shape index (κ3) is 4.84. The van der Waals surface area contributed by atoms with Crippen LogP contribution in [0.3, 0.4) is 0 Å². The molecule has 1 heterocycles. The van der Waals surface area contributed by atoms with Gasteiger partial charge in [-0.1, -0.05) is 13.0 Å². The molecular weight excluding hydrogens is 212 g/mol. The number of aliphatic hydroxyl groups excluding tert-OH is 1. The van der Waals surface area contributed by atoms with E-state index in [4.69, 9.17) is 0 Å². The minimum Gasteiger partial charge on any atom is -0.393 e. The van der Waals surface area contributed by atoms with Gasteiger partial charge in [-0.05, 0) is 45.9 Å². The largest absolute Gasteiger partial charge is 0.393 e. The van der Waals surface area contributed by atoms with Gasteiger partial charge >= 0.3 is 0 Å². The zero-order chi connectivity index (χ0) is 12.8. The molecule has 2 atom stereocenters. The van der Waals surface area contributed by atoms with Crippen molar-refractivity contribution in [2.75, 3.05) is 6.54 Å². The lowest BCUT2D eigenvalue weighted by molar-refractivity contribution is 0.118. The summed E-state index contributed by atoms with van der Waals surface area (Å²) in [6.07, 6.45) is 0.559. The first-order chi connectivity index (χ1) is 8.02. The number of aromatic nitrogens is 1. The standard InChI is InChI=1S/C14H24N2O/c1-5-16(12(3)9-13(4)17)10-14-8-6-7-11(2)15-14/h6-8,12-13,17H,5,9-10H2,1-4H3. The second kappa shape index (κ2) is 6.72. The molecule has 2 unspecified atom stereocenters. The Labute approximate surface area is 104 Å². The predicted octanol–water partition coefficient (Wildman–Crippen LogP) is 2.37. The Bertz CT molecular complexity index is 339. The lowest BCUT2D eigenvalue weighted by Crippen LogP contribution is -2.34. The lowest BCUT2D eigenvalue weighted by Gasteiger charge is -2.28. The van der Waals surface area contributed by atoms with Crippen molar-refractivity contribution in [3.05, 3.63) is 29.6 Å². The quantitative estimate of drug-likeness (QED) is 0.824. The number of aryl methyl sites for hydroxylation is 1. The SMILES string of the molecule is CCN(Cc1cccc(C)n1)C(C)CC(C)O. The molecule has 1 rings (SSSR count). The van der Waals surface area contributed by atoms with Crippen LogP contribution in [0.2, 0.25) is 0 Å². The molecule has 1 aromatic rings. The van der Waals surface area contributed by atoms with Crippen LogP contribution in [-0.2, 0) is 6.54 Å². The molecule has 0 saturated heterocycles. The Balaban J connectivity index is 2.63. The number of nitrogens with zero attached hydrogens (tertiary/aromatic N) is 2. The second-order valence-electron chi connectivity index (χ2n) is 4.77. The zero-order valence-corrected chi connectivity index (χ0v) is 11.3. The Hall–Kier alpha value is -0.930. The normalized spacial score (nSPS) is 14.9. The van der Waals surface area contributed by atoms with Gasteiger partial charge in [0.05, 0.1) is 11.8 Å². The Morgan fingerprint density at radius 1 is 1.35 bits per heavy atom. The van der Waals surface area contributed by atoms with E-state index in [1.807, 2.05) is 26.0 Å². The highest BCUT2D eigenvalue weighted by Crippen LogP contribution is 2.11. The van der Waals surface area contributed by atoms with E-state index >= 15 is 0 Å². The van der Waals surface area contributed by atoms with Gasteiger partial charge in [-0.25, -0.2) is 0 Å². The fourth-order valence-corrected chi connectivity index (χ4v) is 2.12. The van der Waals surface area contributed by atoms with Crippen molar-refractivity contribution >= 4 is 0 Å². The molecule has 0 aromatic carbocycles. The van der Waals surface area contributed by atoms with Crippen molar-refractivity contribution in [2.45, 2.75) is 52.8 Å². The molecule has 0 aliphatic heterocycles. The first kappa shape index (κ1) is 14.1. The van der Waals surface area contributed by atoms with Crippen molar-refractivity contribution in [3.8, 4) is 0 Å². The van der Waals surface area contributed by atoms with Gasteiger partial charge in [0.15, 0.2) is 0 Å². The summed E-state index contributed by atoms with van der Waals surface area (Å²) in [5, 5.41) is 9.44. The van der Waals surface area contributed by atoms with Crippen LogP contribution in [0.5, 0.6) is 0 Å². The summed E-state index contributed by atoms with van der Waals surface area (Å²) in [6.45, 7) is 9.99. The van der Waals surface area contributed by atoms with Gasteiger partial charge in [-0.3, -0.25) is 9.88 Å². The first-order valence-electron chi connectivity index (χ1n) is 6.37. The molecule has 1 N–H and O–H groups in total. The van der Waals surface area contributed by atoms with Crippen molar-refractivity contribution < 1.29 is 5.11 Å². The maximum Gasteiger partial charge on any atom is 0.0547 e. The third-order valence-corrected chi connectivity index (χ3v) is 3.02. The van der Waals surface area contributed by atoms with E-state index in [0.29, 0.717) is 6.04 Å². The lowest BCUT2D eigenvalue weighted by atomic mass is 10.1. The minimum atomic E-state index is -0.246. The van der Waals surface area contributed by atoms with E-state index in [1.54, 1.807) is 0 Å². The molecular formula is C14H24N2O. The van der Waals surface area contributed by atoms with E-state index in [2.05, 4.69) is 29.8 Å². The van der Waals surface area contributed by atoms with Gasteiger partial charge in [0.1, 0.15) is 0 Å². The monoisotopic (exact) mass is 236 g/mol. The fourth-order valence-electron chi connectivity index (χ4n) is 2.12. The van der Waals surface area contributed by atoms with Crippen molar-refractivity contribution in [3.63, 3.8) is 0 Å². The average molecular weight is 236 g/mol. The summed E-state index contributed by atoms with van der Waals surface area (Å²) in [5.74, 6) is 0. The van der Waals surface area contributed by atoms with E-state index in [1.165, 1.54) is 0 Å². The molecule has 96 valence electrons. The van der Waals surface area contributed by atoms with E-state index < -0.39 is 0 Å². The molecule has 3 nitrogen and oxygen atoms in total. The second-order valence-corrected chi connectivity index (χ2v) is 4.77. The van der Waals surface area contributed by atoms with E-state index in [9.17, 15) is 5.11 Å². The van der Waals surface area contributed by atoms with Crippen molar-refractivity contribution in [2.24, 2.45) is 0 Å². The van der Waals surface area contributed by atoms with Crippen LogP contribution >= 0.6 is 0 Å². The highest BCUT2D eigenvalue weighted by molar-refractivity contribution is 5.09. The van der Waals surface area contributed by atoms with Gasteiger partial charge in [-0.2, -0.15) is 0 Å². The highest BCUT2D eigenvalue weighted by Gasteiger charge is 2.14. The fraction of sp³-hybridized carbons (Fsp3) is 0.643. The molecule has 0 radical (unpaired) electrons. The smallest absolute Gasteiger partial charge is 0.0547 e. The summed E-state index contributed by atoms with van der Waals surface area (Å²) < 4.78 is 0. The van der Waals surface area contributed by atoms with Crippen LogP contribution in [-0.4, -0.2) is 33.7 Å². The molecule has 0 fully saturated rings. The maximum absolute atomic E-state index is 9.44. The van der Waals surface area contributed by atoms with E-state index in [-0.39, 0.29) is 6.10 Å². The molecule has 17 heavy (non-hydrogen) atoms. The highest BCUT2D eigenvalue weighted by atomic mass is 16.3. The summed E-state index contributed by atoms with van der Waals surface area (Å²) in [4.78, 5) is 6.86. The average Bonchev–Trinajstić information content (AvgIpc) is 2.24. The van der Waals surface area contributed by atoms with Gasteiger partial charge in [-0.15, -0.1) is 0 Å². The molecule has 0 aliphatic rings. The predicted molar refractivity (Wildman–Crippen MR) is 70.8 cm³/mol. The number of pyridine rings is 1. The summed E-state index contributed by atoms with van der Waals surface area (Å²) >= 11 is 0. The number of hydrogen-bond acceptors (Lipinski definition) is 3. The van der Waals surface area contributed by atoms with Gasteiger partial charge in [0, 0.05) is 18.3 Å². The molecule has 3 heteroatoms. The van der Waals surface area contributed by atoms with Crippen LogP contribution in [0.4, 0.5) is 0 Å². The van der Waals surface area contributed by atoms with Gasteiger partial charge in [0.25, 0.3) is 0 Å². The summed E-state index contributed by atoms with van der Waals surface area (Å²) in [6, 6.07) is 6.50. The molecule has 1 aromatic heterocycles. The van der Waals surface area contributed by atoms with Gasteiger partial charge in [0.2, 0.25) is 0 Å². The van der Waals surface area contributed by atoms with E-state index in [0.717, 1.165) is 30.9 Å². The molecule has 0 amide bonds. The van der Waals surface area contributed by atoms with Crippen LogP contribution in [0.15, 0.2) is 18.2 Å². The van der Waals surface area contributed by atoms with Gasteiger partial charge < -0.3 is 5.11 Å². The first-order valence-corrected chi connectivity index (χ1v) is 6.37. The minimum absolute atomic E-state index is 0.246. The molecule has 0 spiro atoms. The Morgan fingerprint density at radius 3 is 2.59 bits per heavy atom.